The van der Waals surface area contributed by atoms with Crippen molar-refractivity contribution in [2.75, 3.05) is 7.11 Å². The van der Waals surface area contributed by atoms with Crippen LogP contribution in [-0.4, -0.2) is 7.11 Å². The third kappa shape index (κ3) is 2.16. The first-order chi connectivity index (χ1) is 9.10. The molecule has 1 aromatic rings. The Bertz CT molecular complexity index is 482. The van der Waals surface area contributed by atoms with Gasteiger partial charge in [0, 0.05) is 11.6 Å². The summed E-state index contributed by atoms with van der Waals surface area (Å²) < 4.78 is 5.59. The van der Waals surface area contributed by atoms with Gasteiger partial charge in [-0.25, -0.2) is 0 Å². The van der Waals surface area contributed by atoms with Crippen LogP contribution >= 0.6 is 0 Å². The van der Waals surface area contributed by atoms with Crippen LogP contribution in [-0.2, 0) is 0 Å². The van der Waals surface area contributed by atoms with Gasteiger partial charge in [0.2, 0.25) is 0 Å². The summed E-state index contributed by atoms with van der Waals surface area (Å²) in [6, 6.07) is 4.49. The predicted molar refractivity (Wildman–Crippen MR) is 78.3 cm³/mol. The van der Waals surface area contributed by atoms with E-state index in [0.717, 1.165) is 17.6 Å². The molecule has 0 heterocycles. The SMILES string of the molecule is COc1cc(C)cc(C)c1C(N)C1CC2CCC1C2. The first-order valence-corrected chi connectivity index (χ1v) is 7.51. The Kier molecular flexibility index (Phi) is 3.30. The smallest absolute Gasteiger partial charge is 0.124 e. The molecule has 19 heavy (non-hydrogen) atoms. The predicted octanol–water partition coefficient (Wildman–Crippen LogP) is 3.75. The minimum atomic E-state index is 0.144. The van der Waals surface area contributed by atoms with Gasteiger partial charge in [-0.2, -0.15) is 0 Å². The summed E-state index contributed by atoms with van der Waals surface area (Å²) in [5.41, 5.74) is 10.4. The average Bonchev–Trinajstić information content (AvgIpc) is 2.99. The highest BCUT2D eigenvalue weighted by Gasteiger charge is 2.43. The quantitative estimate of drug-likeness (QED) is 0.897. The average molecular weight is 259 g/mol. The van der Waals surface area contributed by atoms with E-state index >= 15 is 0 Å². The molecule has 4 unspecified atom stereocenters. The second-order valence-corrected chi connectivity index (χ2v) is 6.56. The third-order valence-corrected chi connectivity index (χ3v) is 5.30. The Morgan fingerprint density at radius 2 is 2.00 bits per heavy atom. The van der Waals surface area contributed by atoms with Crippen LogP contribution in [0.3, 0.4) is 0 Å². The molecule has 2 heteroatoms. The zero-order valence-electron chi connectivity index (χ0n) is 12.3. The molecule has 0 spiro atoms. The van der Waals surface area contributed by atoms with E-state index in [-0.39, 0.29) is 6.04 Å². The Balaban J connectivity index is 1.93. The number of benzene rings is 1. The first-order valence-electron chi connectivity index (χ1n) is 7.51. The summed E-state index contributed by atoms with van der Waals surface area (Å²) in [6.07, 6.45) is 5.54. The summed E-state index contributed by atoms with van der Waals surface area (Å²) in [7, 11) is 1.76. The van der Waals surface area contributed by atoms with Gasteiger partial charge in [0.05, 0.1) is 7.11 Å². The zero-order chi connectivity index (χ0) is 13.6. The number of ether oxygens (including phenoxy) is 1. The second kappa shape index (κ2) is 4.82. The number of methoxy groups -OCH3 is 1. The van der Waals surface area contributed by atoms with Gasteiger partial charge in [0.25, 0.3) is 0 Å². The number of rotatable bonds is 3. The monoisotopic (exact) mass is 259 g/mol. The topological polar surface area (TPSA) is 35.2 Å². The molecular weight excluding hydrogens is 234 g/mol. The van der Waals surface area contributed by atoms with Crippen LogP contribution in [0.25, 0.3) is 0 Å². The van der Waals surface area contributed by atoms with Gasteiger partial charge in [-0.15, -0.1) is 0 Å². The van der Waals surface area contributed by atoms with Crippen molar-refractivity contribution in [2.45, 2.75) is 45.6 Å². The van der Waals surface area contributed by atoms with E-state index in [9.17, 15) is 0 Å². The number of aryl methyl sites for hydroxylation is 2. The van der Waals surface area contributed by atoms with Crippen molar-refractivity contribution in [3.63, 3.8) is 0 Å². The van der Waals surface area contributed by atoms with Crippen LogP contribution in [0.15, 0.2) is 12.1 Å². The van der Waals surface area contributed by atoms with Gasteiger partial charge in [-0.3, -0.25) is 0 Å². The fourth-order valence-electron chi connectivity index (χ4n) is 4.48. The van der Waals surface area contributed by atoms with E-state index in [0.29, 0.717) is 5.92 Å². The summed E-state index contributed by atoms with van der Waals surface area (Å²) in [4.78, 5) is 0. The van der Waals surface area contributed by atoms with Gasteiger partial charge in [-0.1, -0.05) is 12.5 Å². The lowest BCUT2D eigenvalue weighted by Gasteiger charge is -2.30. The molecule has 2 N–H and O–H groups in total. The highest BCUT2D eigenvalue weighted by Crippen LogP contribution is 2.53. The van der Waals surface area contributed by atoms with E-state index < -0.39 is 0 Å². The summed E-state index contributed by atoms with van der Waals surface area (Å²) >= 11 is 0. The van der Waals surface area contributed by atoms with Crippen molar-refractivity contribution in [1.29, 1.82) is 0 Å². The normalized spacial score (nSPS) is 30.6. The molecule has 2 bridgehead atoms. The van der Waals surface area contributed by atoms with Gasteiger partial charge < -0.3 is 10.5 Å². The molecule has 3 rings (SSSR count). The molecule has 2 fully saturated rings. The van der Waals surface area contributed by atoms with Crippen molar-refractivity contribution in [3.8, 4) is 5.75 Å². The highest BCUT2D eigenvalue weighted by atomic mass is 16.5. The molecule has 0 amide bonds. The molecule has 2 nitrogen and oxygen atoms in total. The van der Waals surface area contributed by atoms with Crippen molar-refractivity contribution in [3.05, 3.63) is 28.8 Å². The van der Waals surface area contributed by atoms with E-state index in [1.165, 1.54) is 42.4 Å². The second-order valence-electron chi connectivity index (χ2n) is 6.56. The van der Waals surface area contributed by atoms with Gasteiger partial charge in [-0.05, 0) is 68.1 Å². The number of hydrogen-bond donors (Lipinski definition) is 1. The van der Waals surface area contributed by atoms with Gasteiger partial charge >= 0.3 is 0 Å². The number of hydrogen-bond acceptors (Lipinski definition) is 2. The fraction of sp³-hybridized carbons (Fsp3) is 0.647. The highest BCUT2D eigenvalue weighted by molar-refractivity contribution is 5.45. The zero-order valence-corrected chi connectivity index (χ0v) is 12.3. The van der Waals surface area contributed by atoms with E-state index in [1.54, 1.807) is 7.11 Å². The molecule has 104 valence electrons. The van der Waals surface area contributed by atoms with Crippen molar-refractivity contribution >= 4 is 0 Å². The van der Waals surface area contributed by atoms with Crippen LogP contribution < -0.4 is 10.5 Å². The maximum Gasteiger partial charge on any atom is 0.124 e. The molecule has 1 aromatic carbocycles. The molecule has 2 aliphatic rings. The molecule has 0 radical (unpaired) electrons. The minimum absolute atomic E-state index is 0.144. The molecule has 0 saturated heterocycles. The van der Waals surface area contributed by atoms with Crippen LogP contribution in [0.4, 0.5) is 0 Å². The van der Waals surface area contributed by atoms with Crippen LogP contribution in [0.2, 0.25) is 0 Å². The molecule has 2 saturated carbocycles. The summed E-state index contributed by atoms with van der Waals surface area (Å²) in [6.45, 7) is 4.28. The maximum absolute atomic E-state index is 6.63. The molecule has 2 aliphatic carbocycles. The fourth-order valence-corrected chi connectivity index (χ4v) is 4.48. The minimum Gasteiger partial charge on any atom is -0.496 e. The molecule has 0 aliphatic heterocycles. The Morgan fingerprint density at radius 1 is 1.21 bits per heavy atom. The Morgan fingerprint density at radius 3 is 2.58 bits per heavy atom. The van der Waals surface area contributed by atoms with Gasteiger partial charge in [0.15, 0.2) is 0 Å². The summed E-state index contributed by atoms with van der Waals surface area (Å²) in [5.74, 6) is 3.44. The van der Waals surface area contributed by atoms with E-state index in [1.807, 2.05) is 0 Å². The molecule has 4 atom stereocenters. The lowest BCUT2D eigenvalue weighted by atomic mass is 9.79. The van der Waals surface area contributed by atoms with Crippen LogP contribution in [0, 0.1) is 31.6 Å². The van der Waals surface area contributed by atoms with Crippen LogP contribution in [0.5, 0.6) is 5.75 Å². The van der Waals surface area contributed by atoms with Crippen molar-refractivity contribution in [2.24, 2.45) is 23.5 Å². The van der Waals surface area contributed by atoms with E-state index in [4.69, 9.17) is 10.5 Å². The number of fused-ring (bicyclic) bond motifs is 2. The van der Waals surface area contributed by atoms with E-state index in [2.05, 4.69) is 26.0 Å². The number of nitrogens with two attached hydrogens (primary N) is 1. The summed E-state index contributed by atoms with van der Waals surface area (Å²) in [5, 5.41) is 0. The Labute approximate surface area is 116 Å². The van der Waals surface area contributed by atoms with Crippen molar-refractivity contribution in [1.82, 2.24) is 0 Å². The maximum atomic E-state index is 6.63. The standard InChI is InChI=1S/C17H25NO/c1-10-6-11(2)16(15(7-10)19-3)17(18)14-9-12-4-5-13(14)8-12/h6-7,12-14,17H,4-5,8-9,18H2,1-3H3. The third-order valence-electron chi connectivity index (χ3n) is 5.30. The Hall–Kier alpha value is -1.02. The largest absolute Gasteiger partial charge is 0.496 e. The molecule has 0 aromatic heterocycles. The first kappa shape index (κ1) is 13.0. The van der Waals surface area contributed by atoms with Crippen molar-refractivity contribution < 1.29 is 4.74 Å². The van der Waals surface area contributed by atoms with Gasteiger partial charge in [0.1, 0.15) is 5.75 Å². The lowest BCUT2D eigenvalue weighted by Crippen LogP contribution is -2.27. The van der Waals surface area contributed by atoms with Crippen LogP contribution in [0.1, 0.15) is 48.4 Å². The molecular formula is C17H25NO. The lowest BCUT2D eigenvalue weighted by molar-refractivity contribution is 0.278.